The molecular weight excluding hydrogens is 174 g/mol. The van der Waals surface area contributed by atoms with E-state index in [0.717, 1.165) is 19.3 Å². The second kappa shape index (κ2) is 3.34. The summed E-state index contributed by atoms with van der Waals surface area (Å²) in [7, 11) is -2.79. The van der Waals surface area contributed by atoms with Crippen molar-refractivity contribution in [3.63, 3.8) is 0 Å². The van der Waals surface area contributed by atoms with Gasteiger partial charge >= 0.3 is 0 Å². The summed E-state index contributed by atoms with van der Waals surface area (Å²) in [5, 5.41) is 0. The molecule has 1 saturated heterocycles. The zero-order chi connectivity index (χ0) is 9.24. The van der Waals surface area contributed by atoms with E-state index in [1.165, 1.54) is 0 Å². The highest BCUT2D eigenvalue weighted by molar-refractivity contribution is 7.91. The maximum Gasteiger partial charge on any atom is 0.150 e. The summed E-state index contributed by atoms with van der Waals surface area (Å²) in [5.74, 6) is 0.655. The van der Waals surface area contributed by atoms with Crippen LogP contribution in [0.4, 0.5) is 0 Å². The van der Waals surface area contributed by atoms with Gasteiger partial charge in [-0.05, 0) is 31.2 Å². The van der Waals surface area contributed by atoms with E-state index in [2.05, 4.69) is 0 Å². The van der Waals surface area contributed by atoms with E-state index < -0.39 is 9.84 Å². The fourth-order valence-corrected chi connectivity index (χ4v) is 3.99. The third kappa shape index (κ3) is 1.98. The highest BCUT2D eigenvalue weighted by atomic mass is 32.2. The molecule has 1 fully saturated rings. The first-order valence-electron chi connectivity index (χ1n) is 4.44. The molecule has 0 aliphatic carbocycles. The Balaban J connectivity index is 2.79. The Bertz CT molecular complexity index is 242. The number of rotatable bonds is 2. The van der Waals surface area contributed by atoms with Gasteiger partial charge in [0.1, 0.15) is 0 Å². The van der Waals surface area contributed by atoms with Gasteiger partial charge in [0.2, 0.25) is 0 Å². The first-order valence-corrected chi connectivity index (χ1v) is 6.26. The molecular formula is C8H17NO2S. The SMILES string of the molecule is CCC1(CN)CCCS(=O)(=O)C1. The topological polar surface area (TPSA) is 60.2 Å². The molecule has 0 amide bonds. The van der Waals surface area contributed by atoms with Crippen LogP contribution >= 0.6 is 0 Å². The molecule has 3 nitrogen and oxygen atoms in total. The van der Waals surface area contributed by atoms with Gasteiger partial charge in [-0.2, -0.15) is 0 Å². The number of nitrogens with two attached hydrogens (primary N) is 1. The zero-order valence-electron chi connectivity index (χ0n) is 7.54. The molecule has 2 N–H and O–H groups in total. The fraction of sp³-hybridized carbons (Fsp3) is 1.00. The summed E-state index contributed by atoms with van der Waals surface area (Å²) in [6.07, 6.45) is 2.63. The highest BCUT2D eigenvalue weighted by Crippen LogP contribution is 2.33. The minimum Gasteiger partial charge on any atom is -0.330 e. The summed E-state index contributed by atoms with van der Waals surface area (Å²) in [6, 6.07) is 0. The molecule has 0 aromatic rings. The van der Waals surface area contributed by atoms with Crippen molar-refractivity contribution < 1.29 is 8.42 Å². The first kappa shape index (κ1) is 9.99. The minimum atomic E-state index is -2.79. The normalized spacial score (nSPS) is 34.8. The Hall–Kier alpha value is -0.0900. The second-order valence-corrected chi connectivity index (χ2v) is 5.94. The Morgan fingerprint density at radius 1 is 1.50 bits per heavy atom. The molecule has 1 unspecified atom stereocenters. The summed E-state index contributed by atoms with van der Waals surface area (Å²) < 4.78 is 22.7. The summed E-state index contributed by atoms with van der Waals surface area (Å²) in [6.45, 7) is 2.52. The summed E-state index contributed by atoms with van der Waals surface area (Å²) in [5.41, 5.74) is 5.49. The quantitative estimate of drug-likeness (QED) is 0.693. The average molecular weight is 191 g/mol. The van der Waals surface area contributed by atoms with Gasteiger partial charge < -0.3 is 5.73 Å². The lowest BCUT2D eigenvalue weighted by atomic mass is 9.82. The van der Waals surface area contributed by atoms with Gasteiger partial charge in [0.15, 0.2) is 9.84 Å². The smallest absolute Gasteiger partial charge is 0.150 e. The second-order valence-electron chi connectivity index (χ2n) is 3.75. The van der Waals surface area contributed by atoms with Crippen LogP contribution < -0.4 is 5.73 Å². The lowest BCUT2D eigenvalue weighted by Gasteiger charge is -2.34. The molecule has 72 valence electrons. The molecule has 0 spiro atoms. The van der Waals surface area contributed by atoms with Crippen molar-refractivity contribution in [2.45, 2.75) is 26.2 Å². The Morgan fingerprint density at radius 2 is 2.17 bits per heavy atom. The van der Waals surface area contributed by atoms with Gasteiger partial charge in [0, 0.05) is 0 Å². The van der Waals surface area contributed by atoms with E-state index in [4.69, 9.17) is 5.73 Å². The van der Waals surface area contributed by atoms with Crippen LogP contribution in [0.5, 0.6) is 0 Å². The number of hydrogen-bond acceptors (Lipinski definition) is 3. The predicted molar refractivity (Wildman–Crippen MR) is 49.7 cm³/mol. The van der Waals surface area contributed by atoms with Crippen LogP contribution in [0.25, 0.3) is 0 Å². The van der Waals surface area contributed by atoms with Gasteiger partial charge in [0.05, 0.1) is 11.5 Å². The van der Waals surface area contributed by atoms with Crippen LogP contribution in [0.15, 0.2) is 0 Å². The van der Waals surface area contributed by atoms with E-state index in [1.807, 2.05) is 6.92 Å². The average Bonchev–Trinajstić information content (AvgIpc) is 2.02. The van der Waals surface area contributed by atoms with Gasteiger partial charge in [-0.3, -0.25) is 0 Å². The number of hydrogen-bond donors (Lipinski definition) is 1. The van der Waals surface area contributed by atoms with Crippen molar-refractivity contribution in [3.8, 4) is 0 Å². The zero-order valence-corrected chi connectivity index (χ0v) is 8.36. The summed E-state index contributed by atoms with van der Waals surface area (Å²) >= 11 is 0. The van der Waals surface area contributed by atoms with Crippen LogP contribution in [-0.4, -0.2) is 26.5 Å². The molecule has 0 saturated carbocycles. The lowest BCUT2D eigenvalue weighted by molar-refractivity contribution is 0.285. The van der Waals surface area contributed by atoms with E-state index >= 15 is 0 Å². The molecule has 4 heteroatoms. The van der Waals surface area contributed by atoms with Gasteiger partial charge in [-0.15, -0.1) is 0 Å². The minimum absolute atomic E-state index is 0.114. The van der Waals surface area contributed by atoms with E-state index in [9.17, 15) is 8.42 Å². The van der Waals surface area contributed by atoms with E-state index in [-0.39, 0.29) is 5.41 Å². The maximum absolute atomic E-state index is 11.3. The van der Waals surface area contributed by atoms with E-state index in [0.29, 0.717) is 18.1 Å². The molecule has 1 aliphatic heterocycles. The Labute approximate surface area is 74.3 Å². The van der Waals surface area contributed by atoms with E-state index in [1.54, 1.807) is 0 Å². The van der Waals surface area contributed by atoms with Gasteiger partial charge in [0.25, 0.3) is 0 Å². The molecule has 1 atom stereocenters. The molecule has 0 aromatic carbocycles. The van der Waals surface area contributed by atoms with Crippen molar-refractivity contribution in [2.75, 3.05) is 18.1 Å². The predicted octanol–water partition coefficient (Wildman–Crippen LogP) is 0.550. The van der Waals surface area contributed by atoms with Crippen LogP contribution in [0.1, 0.15) is 26.2 Å². The third-order valence-electron chi connectivity index (χ3n) is 2.87. The van der Waals surface area contributed by atoms with Crippen LogP contribution in [0.3, 0.4) is 0 Å². The van der Waals surface area contributed by atoms with Crippen molar-refractivity contribution >= 4 is 9.84 Å². The van der Waals surface area contributed by atoms with Crippen LogP contribution in [0.2, 0.25) is 0 Å². The molecule has 0 bridgehead atoms. The monoisotopic (exact) mass is 191 g/mol. The molecule has 12 heavy (non-hydrogen) atoms. The Kier molecular flexibility index (Phi) is 2.78. The molecule has 1 heterocycles. The van der Waals surface area contributed by atoms with Crippen molar-refractivity contribution in [1.29, 1.82) is 0 Å². The van der Waals surface area contributed by atoms with Gasteiger partial charge in [-0.1, -0.05) is 6.92 Å². The van der Waals surface area contributed by atoms with Crippen LogP contribution in [-0.2, 0) is 9.84 Å². The molecule has 0 radical (unpaired) electrons. The molecule has 1 rings (SSSR count). The van der Waals surface area contributed by atoms with Crippen molar-refractivity contribution in [1.82, 2.24) is 0 Å². The Morgan fingerprint density at radius 3 is 2.50 bits per heavy atom. The molecule has 1 aliphatic rings. The van der Waals surface area contributed by atoms with Crippen LogP contribution in [0, 0.1) is 5.41 Å². The highest BCUT2D eigenvalue weighted by Gasteiger charge is 2.36. The molecule has 0 aromatic heterocycles. The fourth-order valence-electron chi connectivity index (χ4n) is 1.86. The first-order chi connectivity index (χ1) is 5.54. The third-order valence-corrected chi connectivity index (χ3v) is 4.83. The summed E-state index contributed by atoms with van der Waals surface area (Å²) in [4.78, 5) is 0. The maximum atomic E-state index is 11.3. The van der Waals surface area contributed by atoms with Crippen molar-refractivity contribution in [2.24, 2.45) is 11.1 Å². The largest absolute Gasteiger partial charge is 0.330 e. The van der Waals surface area contributed by atoms with Crippen molar-refractivity contribution in [3.05, 3.63) is 0 Å². The lowest BCUT2D eigenvalue weighted by Crippen LogP contribution is -2.41. The van der Waals surface area contributed by atoms with Gasteiger partial charge in [-0.25, -0.2) is 8.42 Å². The standard InChI is InChI=1S/C8H17NO2S/c1-2-8(6-9)4-3-5-12(10,11)7-8/h2-7,9H2,1H3. The number of sulfone groups is 1.